The third-order valence-electron chi connectivity index (χ3n) is 0.211. The molecule has 0 aromatic carbocycles. The molecule has 3 heteroatoms. The zero-order valence-corrected chi connectivity index (χ0v) is 4.89. The van der Waals surface area contributed by atoms with E-state index in [1.807, 2.05) is 0 Å². The van der Waals surface area contributed by atoms with Gasteiger partial charge in [-0.15, -0.1) is 0 Å². The van der Waals surface area contributed by atoms with Crippen LogP contribution >= 0.6 is 0 Å². The number of carbonyl (C=O) groups is 1. The molecule has 0 aliphatic rings. The fraction of sp³-hybridized carbons (Fsp3) is 0.667. The van der Waals surface area contributed by atoms with Crippen molar-refractivity contribution in [1.29, 1.82) is 0 Å². The van der Waals surface area contributed by atoms with Gasteiger partial charge in [-0.1, -0.05) is 0 Å². The minimum atomic E-state index is 0. The first-order chi connectivity index (χ1) is 2.27. The summed E-state index contributed by atoms with van der Waals surface area (Å²) in [5.74, 6) is 0. The van der Waals surface area contributed by atoms with Gasteiger partial charge in [-0.05, 0) is 0 Å². The van der Waals surface area contributed by atoms with Gasteiger partial charge in [0, 0.05) is 31.2 Å². The van der Waals surface area contributed by atoms with Crippen molar-refractivity contribution < 1.29 is 21.9 Å². The smallest absolute Gasteiger partial charge is 0.209 e. The minimum absolute atomic E-state index is 0. The Morgan fingerprint density at radius 1 is 1.50 bits per heavy atom. The molecule has 0 saturated carbocycles. The SMILES string of the molecule is CN(C)C=O.[Fe]. The number of nitrogens with zero attached hydrogens (tertiary/aromatic N) is 1. The number of hydrogen-bond donors (Lipinski definition) is 0. The molecule has 0 aromatic heterocycles. The molecule has 0 rings (SSSR count). The fourth-order valence-corrected chi connectivity index (χ4v) is 0. The second kappa shape index (κ2) is 4.99. The molecule has 6 heavy (non-hydrogen) atoms. The summed E-state index contributed by atoms with van der Waals surface area (Å²) in [6, 6.07) is 0. The van der Waals surface area contributed by atoms with Crippen LogP contribution in [0.15, 0.2) is 0 Å². The van der Waals surface area contributed by atoms with Crippen molar-refractivity contribution in [3.05, 3.63) is 0 Å². The summed E-state index contributed by atoms with van der Waals surface area (Å²) in [4.78, 5) is 10.9. The second-order valence-corrected chi connectivity index (χ2v) is 1.07. The summed E-state index contributed by atoms with van der Waals surface area (Å²) < 4.78 is 0. The molecule has 0 N–H and O–H groups in total. The predicted molar refractivity (Wildman–Crippen MR) is 19.8 cm³/mol. The maximum Gasteiger partial charge on any atom is 0.209 e. The minimum Gasteiger partial charge on any atom is -0.351 e. The summed E-state index contributed by atoms with van der Waals surface area (Å²) in [5.41, 5.74) is 0. The number of amides is 1. The van der Waals surface area contributed by atoms with Crippen LogP contribution in [0.2, 0.25) is 0 Å². The van der Waals surface area contributed by atoms with Crippen LogP contribution in [-0.4, -0.2) is 25.4 Å². The summed E-state index contributed by atoms with van der Waals surface area (Å²) in [7, 11) is 3.38. The molecule has 0 atom stereocenters. The Kier molecular flexibility index (Phi) is 7.79. The van der Waals surface area contributed by atoms with Crippen molar-refractivity contribution in [2.45, 2.75) is 0 Å². The number of carbonyl (C=O) groups excluding carboxylic acids is 1. The van der Waals surface area contributed by atoms with E-state index in [-0.39, 0.29) is 17.1 Å². The van der Waals surface area contributed by atoms with E-state index in [1.165, 1.54) is 4.90 Å². The maximum atomic E-state index is 9.43. The van der Waals surface area contributed by atoms with E-state index in [1.54, 1.807) is 14.1 Å². The van der Waals surface area contributed by atoms with Crippen LogP contribution < -0.4 is 0 Å². The van der Waals surface area contributed by atoms with E-state index in [9.17, 15) is 4.79 Å². The first kappa shape index (κ1) is 9.37. The van der Waals surface area contributed by atoms with Crippen molar-refractivity contribution in [3.8, 4) is 0 Å². The predicted octanol–water partition coefficient (Wildman–Crippen LogP) is -0.298. The summed E-state index contributed by atoms with van der Waals surface area (Å²) in [6.45, 7) is 0. The Bertz CT molecular complexity index is 37.8. The Balaban J connectivity index is 0. The molecule has 0 aliphatic heterocycles. The monoisotopic (exact) mass is 129 g/mol. The van der Waals surface area contributed by atoms with Crippen molar-refractivity contribution in [3.63, 3.8) is 0 Å². The van der Waals surface area contributed by atoms with Gasteiger partial charge in [0.1, 0.15) is 0 Å². The maximum absolute atomic E-state index is 9.43. The summed E-state index contributed by atoms with van der Waals surface area (Å²) >= 11 is 0. The molecule has 0 aromatic rings. The van der Waals surface area contributed by atoms with E-state index >= 15 is 0 Å². The van der Waals surface area contributed by atoms with Crippen LogP contribution in [0.3, 0.4) is 0 Å². The van der Waals surface area contributed by atoms with Crippen molar-refractivity contribution >= 4 is 6.41 Å². The fourth-order valence-electron chi connectivity index (χ4n) is 0. The van der Waals surface area contributed by atoms with Crippen LogP contribution in [0, 0.1) is 0 Å². The van der Waals surface area contributed by atoms with E-state index in [4.69, 9.17) is 0 Å². The van der Waals surface area contributed by atoms with E-state index in [0.29, 0.717) is 0 Å². The average Bonchev–Trinajstić information content (AvgIpc) is 1.38. The van der Waals surface area contributed by atoms with Gasteiger partial charge in [0.2, 0.25) is 6.41 Å². The molecule has 0 spiro atoms. The van der Waals surface area contributed by atoms with Gasteiger partial charge in [0.05, 0.1) is 0 Å². The van der Waals surface area contributed by atoms with Crippen LogP contribution in [-0.2, 0) is 21.9 Å². The Morgan fingerprint density at radius 3 is 1.67 bits per heavy atom. The summed E-state index contributed by atoms with van der Waals surface area (Å²) in [5, 5.41) is 0. The molecule has 0 aliphatic carbocycles. The molecule has 2 nitrogen and oxygen atoms in total. The Labute approximate surface area is 48.0 Å². The molecule has 0 radical (unpaired) electrons. The van der Waals surface area contributed by atoms with Crippen molar-refractivity contribution in [2.75, 3.05) is 14.1 Å². The molecule has 0 bridgehead atoms. The van der Waals surface area contributed by atoms with Gasteiger partial charge in [0.15, 0.2) is 0 Å². The first-order valence-electron chi connectivity index (χ1n) is 1.39. The van der Waals surface area contributed by atoms with Gasteiger partial charge >= 0.3 is 0 Å². The van der Waals surface area contributed by atoms with E-state index in [2.05, 4.69) is 0 Å². The third-order valence-corrected chi connectivity index (χ3v) is 0.211. The Morgan fingerprint density at radius 2 is 1.67 bits per heavy atom. The zero-order valence-electron chi connectivity index (χ0n) is 3.79. The zero-order chi connectivity index (χ0) is 4.28. The van der Waals surface area contributed by atoms with Crippen LogP contribution in [0.5, 0.6) is 0 Å². The van der Waals surface area contributed by atoms with E-state index in [0.717, 1.165) is 6.41 Å². The molecular formula is C3H7FeNO. The molecule has 0 heterocycles. The molecule has 38 valence electrons. The molecule has 0 unspecified atom stereocenters. The van der Waals surface area contributed by atoms with Crippen LogP contribution in [0.4, 0.5) is 0 Å². The average molecular weight is 129 g/mol. The molecule has 0 fully saturated rings. The largest absolute Gasteiger partial charge is 0.351 e. The van der Waals surface area contributed by atoms with Gasteiger partial charge in [-0.2, -0.15) is 0 Å². The van der Waals surface area contributed by atoms with Crippen LogP contribution in [0.25, 0.3) is 0 Å². The molecular weight excluding hydrogens is 122 g/mol. The van der Waals surface area contributed by atoms with Crippen molar-refractivity contribution in [1.82, 2.24) is 4.90 Å². The van der Waals surface area contributed by atoms with Gasteiger partial charge in [0.25, 0.3) is 0 Å². The normalized spacial score (nSPS) is 5.67. The molecule has 1 amide bonds. The quantitative estimate of drug-likeness (QED) is 0.351. The number of hydrogen-bond acceptors (Lipinski definition) is 1. The van der Waals surface area contributed by atoms with Gasteiger partial charge in [-0.3, -0.25) is 4.79 Å². The topological polar surface area (TPSA) is 20.3 Å². The van der Waals surface area contributed by atoms with Gasteiger partial charge < -0.3 is 4.90 Å². The molecule has 0 saturated heterocycles. The number of rotatable bonds is 1. The summed E-state index contributed by atoms with van der Waals surface area (Å²) in [6.07, 6.45) is 0.750. The van der Waals surface area contributed by atoms with Gasteiger partial charge in [-0.25, -0.2) is 0 Å². The Hall–Kier alpha value is -0.0105. The van der Waals surface area contributed by atoms with Crippen LogP contribution in [0.1, 0.15) is 0 Å². The first-order valence-corrected chi connectivity index (χ1v) is 1.39. The standard InChI is InChI=1S/C3H7NO.Fe/c1-4(2)3-5;/h3H,1-2H3;. The van der Waals surface area contributed by atoms with Crippen molar-refractivity contribution in [2.24, 2.45) is 0 Å². The van der Waals surface area contributed by atoms with E-state index < -0.39 is 0 Å². The third kappa shape index (κ3) is 9.01. The second-order valence-electron chi connectivity index (χ2n) is 1.07.